The normalized spacial score (nSPS) is 10.8. The van der Waals surface area contributed by atoms with Gasteiger partial charge in [0.25, 0.3) is 0 Å². The van der Waals surface area contributed by atoms with Gasteiger partial charge in [0.2, 0.25) is 0 Å². The van der Waals surface area contributed by atoms with Crippen LogP contribution in [-0.2, 0) is 6.61 Å². The molecule has 162 valence electrons. The largest absolute Gasteiger partial charge is 0.493 e. The van der Waals surface area contributed by atoms with E-state index in [1.807, 2.05) is 48.5 Å². The Kier molecular flexibility index (Phi) is 6.18. The van der Waals surface area contributed by atoms with E-state index in [0.29, 0.717) is 18.1 Å². The molecule has 0 aliphatic carbocycles. The summed E-state index contributed by atoms with van der Waals surface area (Å²) in [4.78, 5) is 0. The highest BCUT2D eigenvalue weighted by molar-refractivity contribution is 5.88. The van der Waals surface area contributed by atoms with E-state index in [0.717, 1.165) is 33.5 Å². The minimum absolute atomic E-state index is 0.488. The van der Waals surface area contributed by atoms with Gasteiger partial charge in [-0.3, -0.25) is 0 Å². The highest BCUT2D eigenvalue weighted by Crippen LogP contribution is 2.41. The maximum atomic E-state index is 6.68. The molecule has 0 aromatic heterocycles. The molecule has 32 heavy (non-hydrogen) atoms. The van der Waals surface area contributed by atoms with Crippen LogP contribution in [0.15, 0.2) is 78.9 Å². The van der Waals surface area contributed by atoms with Gasteiger partial charge in [-0.05, 0) is 66.3 Å². The summed E-state index contributed by atoms with van der Waals surface area (Å²) in [7, 11) is 1.66. The number of nitrogens with two attached hydrogens (primary N) is 1. The molecule has 0 aliphatic heterocycles. The zero-order chi connectivity index (χ0) is 22.7. The fraction of sp³-hybridized carbons (Fsp3) is 0.172. The summed E-state index contributed by atoms with van der Waals surface area (Å²) >= 11 is 0. The monoisotopic (exact) mass is 423 g/mol. The first-order valence-electron chi connectivity index (χ1n) is 10.8. The lowest BCUT2D eigenvalue weighted by Crippen LogP contribution is -2.01. The first-order valence-corrected chi connectivity index (χ1v) is 10.8. The van der Waals surface area contributed by atoms with Crippen LogP contribution in [0.1, 0.15) is 22.3 Å². The second kappa shape index (κ2) is 9.19. The number of hydrogen-bond donors (Lipinski definition) is 1. The zero-order valence-electron chi connectivity index (χ0n) is 19.1. The van der Waals surface area contributed by atoms with Crippen LogP contribution in [0, 0.1) is 20.8 Å². The van der Waals surface area contributed by atoms with Crippen LogP contribution < -0.4 is 15.2 Å². The van der Waals surface area contributed by atoms with Gasteiger partial charge in [-0.25, -0.2) is 0 Å². The summed E-state index contributed by atoms with van der Waals surface area (Å²) in [6.07, 6.45) is 0. The molecule has 0 unspecified atom stereocenters. The van der Waals surface area contributed by atoms with E-state index in [9.17, 15) is 0 Å². The van der Waals surface area contributed by atoms with Crippen LogP contribution >= 0.6 is 0 Å². The molecule has 3 heteroatoms. The van der Waals surface area contributed by atoms with Crippen molar-refractivity contribution in [2.75, 3.05) is 12.8 Å². The average molecular weight is 424 g/mol. The van der Waals surface area contributed by atoms with E-state index in [1.54, 1.807) is 7.11 Å². The molecule has 0 bridgehead atoms. The van der Waals surface area contributed by atoms with Gasteiger partial charge < -0.3 is 15.2 Å². The Morgan fingerprint density at radius 2 is 1.44 bits per heavy atom. The fourth-order valence-electron chi connectivity index (χ4n) is 4.04. The third-order valence-electron chi connectivity index (χ3n) is 5.88. The van der Waals surface area contributed by atoms with E-state index < -0.39 is 0 Å². The van der Waals surface area contributed by atoms with E-state index in [1.165, 1.54) is 16.7 Å². The lowest BCUT2D eigenvalue weighted by Gasteiger charge is -2.18. The van der Waals surface area contributed by atoms with Crippen molar-refractivity contribution in [1.29, 1.82) is 0 Å². The SMILES string of the molecule is COc1cc(-c2c(C)cc(-c3ccc(C)cc3)c(C)c2N)ccc1OCc1ccccc1. The molecular weight excluding hydrogens is 394 g/mol. The Labute approximate surface area is 190 Å². The highest BCUT2D eigenvalue weighted by atomic mass is 16.5. The molecule has 0 saturated heterocycles. The second-order valence-corrected chi connectivity index (χ2v) is 8.16. The summed E-state index contributed by atoms with van der Waals surface area (Å²) in [6, 6.07) is 26.9. The van der Waals surface area contributed by atoms with Crippen molar-refractivity contribution < 1.29 is 9.47 Å². The molecule has 4 aromatic carbocycles. The van der Waals surface area contributed by atoms with Gasteiger partial charge in [-0.15, -0.1) is 0 Å². The summed E-state index contributed by atoms with van der Waals surface area (Å²) in [5.74, 6) is 1.40. The minimum Gasteiger partial charge on any atom is -0.493 e. The second-order valence-electron chi connectivity index (χ2n) is 8.16. The molecule has 0 saturated carbocycles. The lowest BCUT2D eigenvalue weighted by molar-refractivity contribution is 0.284. The van der Waals surface area contributed by atoms with Gasteiger partial charge in [-0.1, -0.05) is 72.3 Å². The summed E-state index contributed by atoms with van der Waals surface area (Å²) in [6.45, 7) is 6.78. The van der Waals surface area contributed by atoms with Crippen molar-refractivity contribution in [2.24, 2.45) is 0 Å². The molecule has 0 amide bonds. The average Bonchev–Trinajstić information content (AvgIpc) is 2.81. The van der Waals surface area contributed by atoms with E-state index in [4.69, 9.17) is 15.2 Å². The summed E-state index contributed by atoms with van der Waals surface area (Å²) in [5.41, 5.74) is 16.4. The minimum atomic E-state index is 0.488. The van der Waals surface area contributed by atoms with Crippen LogP contribution in [-0.4, -0.2) is 7.11 Å². The van der Waals surface area contributed by atoms with Crippen molar-refractivity contribution in [2.45, 2.75) is 27.4 Å². The Morgan fingerprint density at radius 1 is 0.750 bits per heavy atom. The van der Waals surface area contributed by atoms with E-state index in [-0.39, 0.29) is 0 Å². The molecule has 0 atom stereocenters. The number of nitrogen functional groups attached to an aromatic ring is 1. The fourth-order valence-corrected chi connectivity index (χ4v) is 4.04. The van der Waals surface area contributed by atoms with Crippen molar-refractivity contribution in [3.05, 3.63) is 101 Å². The maximum absolute atomic E-state index is 6.68. The molecule has 4 aromatic rings. The van der Waals surface area contributed by atoms with Crippen molar-refractivity contribution in [3.8, 4) is 33.8 Å². The molecule has 0 radical (unpaired) electrons. The highest BCUT2D eigenvalue weighted by Gasteiger charge is 2.16. The molecular formula is C29H29NO2. The summed E-state index contributed by atoms with van der Waals surface area (Å²) in [5, 5.41) is 0. The number of hydrogen-bond acceptors (Lipinski definition) is 3. The predicted molar refractivity (Wildman–Crippen MR) is 133 cm³/mol. The van der Waals surface area contributed by atoms with Crippen LogP contribution in [0.2, 0.25) is 0 Å². The van der Waals surface area contributed by atoms with E-state index >= 15 is 0 Å². The van der Waals surface area contributed by atoms with Crippen molar-refractivity contribution in [1.82, 2.24) is 0 Å². The van der Waals surface area contributed by atoms with Gasteiger partial charge >= 0.3 is 0 Å². The number of ether oxygens (including phenoxy) is 2. The first-order chi connectivity index (χ1) is 15.5. The molecule has 0 fully saturated rings. The standard InChI is InChI=1S/C29H29NO2/c1-19-10-12-23(13-11-19)25-16-20(2)28(29(30)21(25)3)24-14-15-26(27(17-24)31-4)32-18-22-8-6-5-7-9-22/h5-17H,18,30H2,1-4H3. The van der Waals surface area contributed by atoms with Crippen LogP contribution in [0.5, 0.6) is 11.5 Å². The quantitative estimate of drug-likeness (QED) is 0.336. The Morgan fingerprint density at radius 3 is 2.12 bits per heavy atom. The van der Waals surface area contributed by atoms with Gasteiger partial charge in [0, 0.05) is 11.3 Å². The van der Waals surface area contributed by atoms with Crippen molar-refractivity contribution in [3.63, 3.8) is 0 Å². The Balaban J connectivity index is 1.68. The molecule has 2 N–H and O–H groups in total. The number of anilines is 1. The van der Waals surface area contributed by atoms with E-state index in [2.05, 4.69) is 51.1 Å². The third kappa shape index (κ3) is 4.33. The van der Waals surface area contributed by atoms with Gasteiger partial charge in [0.15, 0.2) is 11.5 Å². The predicted octanol–water partition coefficient (Wildman–Crippen LogP) is 7.12. The molecule has 0 aliphatic rings. The lowest BCUT2D eigenvalue weighted by atomic mass is 9.89. The van der Waals surface area contributed by atoms with Gasteiger partial charge in [0.1, 0.15) is 6.61 Å². The zero-order valence-corrected chi connectivity index (χ0v) is 19.1. The van der Waals surface area contributed by atoms with Crippen LogP contribution in [0.3, 0.4) is 0 Å². The summed E-state index contributed by atoms with van der Waals surface area (Å²) < 4.78 is 11.7. The molecule has 3 nitrogen and oxygen atoms in total. The number of methoxy groups -OCH3 is 1. The molecule has 0 heterocycles. The maximum Gasteiger partial charge on any atom is 0.161 e. The Bertz CT molecular complexity index is 1230. The van der Waals surface area contributed by atoms with Gasteiger partial charge in [-0.2, -0.15) is 0 Å². The van der Waals surface area contributed by atoms with Gasteiger partial charge in [0.05, 0.1) is 7.11 Å². The topological polar surface area (TPSA) is 44.5 Å². The first kappa shape index (κ1) is 21.5. The van der Waals surface area contributed by atoms with Crippen LogP contribution in [0.25, 0.3) is 22.3 Å². The smallest absolute Gasteiger partial charge is 0.161 e. The molecule has 0 spiro atoms. The molecule has 4 rings (SSSR count). The number of benzene rings is 4. The van der Waals surface area contributed by atoms with Crippen LogP contribution in [0.4, 0.5) is 5.69 Å². The Hall–Kier alpha value is -3.72. The number of aryl methyl sites for hydroxylation is 2. The third-order valence-corrected chi connectivity index (χ3v) is 5.88. The van der Waals surface area contributed by atoms with Crippen molar-refractivity contribution >= 4 is 5.69 Å². The number of rotatable bonds is 6.